The largest absolute Gasteiger partial charge is 0.316 e. The third-order valence-electron chi connectivity index (χ3n) is 3.07. The molecule has 0 fully saturated rings. The summed E-state index contributed by atoms with van der Waals surface area (Å²) in [5, 5.41) is 7.35. The Labute approximate surface area is 115 Å². The molecular formula is C15H22N4. The van der Waals surface area contributed by atoms with Gasteiger partial charge in [0.2, 0.25) is 0 Å². The summed E-state index contributed by atoms with van der Waals surface area (Å²) in [4.78, 5) is 2.30. The first-order chi connectivity index (χ1) is 9.17. The van der Waals surface area contributed by atoms with Gasteiger partial charge in [0, 0.05) is 38.4 Å². The van der Waals surface area contributed by atoms with Crippen molar-refractivity contribution >= 4 is 0 Å². The Balaban J connectivity index is 1.89. The lowest BCUT2D eigenvalue weighted by Crippen LogP contribution is -2.17. The minimum atomic E-state index is 0.922. The number of nitrogens with one attached hydrogen (secondary N) is 1. The minimum Gasteiger partial charge on any atom is -0.316 e. The molecule has 0 aliphatic carbocycles. The van der Waals surface area contributed by atoms with Crippen LogP contribution in [0.4, 0.5) is 0 Å². The van der Waals surface area contributed by atoms with Crippen molar-refractivity contribution in [2.24, 2.45) is 7.05 Å². The van der Waals surface area contributed by atoms with Crippen molar-refractivity contribution in [1.29, 1.82) is 0 Å². The first-order valence-corrected chi connectivity index (χ1v) is 6.56. The molecule has 102 valence electrons. The Morgan fingerprint density at radius 1 is 1.11 bits per heavy atom. The van der Waals surface area contributed by atoms with Gasteiger partial charge in [-0.3, -0.25) is 9.58 Å². The van der Waals surface area contributed by atoms with Gasteiger partial charge in [0.25, 0.3) is 0 Å². The molecular weight excluding hydrogens is 236 g/mol. The van der Waals surface area contributed by atoms with Gasteiger partial charge in [0.05, 0.1) is 6.20 Å². The summed E-state index contributed by atoms with van der Waals surface area (Å²) in [5.74, 6) is 0. The molecule has 2 aromatic rings. The zero-order valence-corrected chi connectivity index (χ0v) is 11.9. The van der Waals surface area contributed by atoms with Gasteiger partial charge in [-0.05, 0) is 25.2 Å². The zero-order valence-electron chi connectivity index (χ0n) is 11.9. The molecule has 0 radical (unpaired) electrons. The molecule has 4 heteroatoms. The molecule has 0 unspecified atom stereocenters. The Morgan fingerprint density at radius 3 is 2.32 bits per heavy atom. The SMILES string of the molecule is CNCc1ccc(CN(C)Cc2cnn(C)c2)cc1. The van der Waals surface area contributed by atoms with Gasteiger partial charge in [-0.2, -0.15) is 5.10 Å². The predicted molar refractivity (Wildman–Crippen MR) is 77.6 cm³/mol. The highest BCUT2D eigenvalue weighted by molar-refractivity contribution is 5.22. The Bertz CT molecular complexity index is 501. The third kappa shape index (κ3) is 4.19. The van der Waals surface area contributed by atoms with Crippen molar-refractivity contribution < 1.29 is 0 Å². The van der Waals surface area contributed by atoms with E-state index in [1.54, 1.807) is 0 Å². The molecule has 0 aliphatic heterocycles. The molecule has 0 saturated carbocycles. The topological polar surface area (TPSA) is 33.1 Å². The van der Waals surface area contributed by atoms with Crippen LogP contribution in [0.5, 0.6) is 0 Å². The molecule has 0 spiro atoms. The van der Waals surface area contributed by atoms with Crippen LogP contribution in [-0.2, 0) is 26.7 Å². The van der Waals surface area contributed by atoms with Gasteiger partial charge in [0.1, 0.15) is 0 Å². The van der Waals surface area contributed by atoms with Crippen molar-refractivity contribution in [3.63, 3.8) is 0 Å². The normalized spacial score (nSPS) is 11.2. The minimum absolute atomic E-state index is 0.922. The Morgan fingerprint density at radius 2 is 1.74 bits per heavy atom. The van der Waals surface area contributed by atoms with Crippen LogP contribution in [0.25, 0.3) is 0 Å². The van der Waals surface area contributed by atoms with E-state index in [-0.39, 0.29) is 0 Å². The number of benzene rings is 1. The van der Waals surface area contributed by atoms with E-state index < -0.39 is 0 Å². The number of aromatic nitrogens is 2. The monoisotopic (exact) mass is 258 g/mol. The number of nitrogens with zero attached hydrogens (tertiary/aromatic N) is 3. The lowest BCUT2D eigenvalue weighted by atomic mass is 10.1. The van der Waals surface area contributed by atoms with E-state index >= 15 is 0 Å². The van der Waals surface area contributed by atoms with Crippen molar-refractivity contribution in [3.8, 4) is 0 Å². The Hall–Kier alpha value is -1.65. The fourth-order valence-corrected chi connectivity index (χ4v) is 2.20. The van der Waals surface area contributed by atoms with Crippen molar-refractivity contribution in [1.82, 2.24) is 20.0 Å². The summed E-state index contributed by atoms with van der Waals surface area (Å²) in [6.07, 6.45) is 3.99. The Kier molecular flexibility index (Phi) is 4.71. The predicted octanol–water partition coefficient (Wildman–Crippen LogP) is 1.77. The van der Waals surface area contributed by atoms with Gasteiger partial charge in [-0.15, -0.1) is 0 Å². The van der Waals surface area contributed by atoms with E-state index in [0.29, 0.717) is 0 Å². The smallest absolute Gasteiger partial charge is 0.0534 e. The molecule has 1 aromatic heterocycles. The summed E-state index contributed by atoms with van der Waals surface area (Å²) in [5.41, 5.74) is 3.91. The standard InChI is InChI=1S/C15H22N4/c1-16-8-13-4-6-14(7-5-13)10-18(2)11-15-9-17-19(3)12-15/h4-7,9,12,16H,8,10-11H2,1-3H3. The van der Waals surface area contributed by atoms with Gasteiger partial charge in [-0.1, -0.05) is 24.3 Å². The van der Waals surface area contributed by atoms with E-state index in [4.69, 9.17) is 0 Å². The lowest BCUT2D eigenvalue weighted by molar-refractivity contribution is 0.319. The lowest BCUT2D eigenvalue weighted by Gasteiger charge is -2.15. The zero-order chi connectivity index (χ0) is 13.7. The summed E-state index contributed by atoms with van der Waals surface area (Å²) in [7, 11) is 6.05. The van der Waals surface area contributed by atoms with Crippen LogP contribution in [0.2, 0.25) is 0 Å². The number of aryl methyl sites for hydroxylation is 1. The first kappa shape index (κ1) is 13.8. The van der Waals surface area contributed by atoms with Crippen LogP contribution in [0.1, 0.15) is 16.7 Å². The highest BCUT2D eigenvalue weighted by atomic mass is 15.2. The van der Waals surface area contributed by atoms with Gasteiger partial charge >= 0.3 is 0 Å². The highest BCUT2D eigenvalue weighted by Gasteiger charge is 2.03. The fourth-order valence-electron chi connectivity index (χ4n) is 2.20. The second-order valence-electron chi connectivity index (χ2n) is 5.04. The van der Waals surface area contributed by atoms with Gasteiger partial charge in [-0.25, -0.2) is 0 Å². The van der Waals surface area contributed by atoms with Crippen LogP contribution in [0.15, 0.2) is 36.7 Å². The van der Waals surface area contributed by atoms with Crippen LogP contribution >= 0.6 is 0 Å². The highest BCUT2D eigenvalue weighted by Crippen LogP contribution is 2.09. The second-order valence-corrected chi connectivity index (χ2v) is 5.04. The molecule has 19 heavy (non-hydrogen) atoms. The average molecular weight is 258 g/mol. The average Bonchev–Trinajstić information content (AvgIpc) is 2.77. The molecule has 0 aliphatic rings. The van der Waals surface area contributed by atoms with Crippen LogP contribution in [0, 0.1) is 0 Å². The molecule has 1 N–H and O–H groups in total. The van der Waals surface area contributed by atoms with Crippen molar-refractivity contribution in [3.05, 3.63) is 53.3 Å². The summed E-state index contributed by atoms with van der Waals surface area (Å²) >= 11 is 0. The summed E-state index contributed by atoms with van der Waals surface area (Å²) in [6, 6.07) is 8.77. The van der Waals surface area contributed by atoms with Crippen molar-refractivity contribution in [2.45, 2.75) is 19.6 Å². The van der Waals surface area contributed by atoms with Crippen LogP contribution in [0.3, 0.4) is 0 Å². The maximum atomic E-state index is 4.19. The van der Waals surface area contributed by atoms with E-state index in [0.717, 1.165) is 19.6 Å². The molecule has 0 saturated heterocycles. The molecule has 2 rings (SSSR count). The molecule has 1 heterocycles. The molecule has 0 amide bonds. The number of rotatable bonds is 6. The quantitative estimate of drug-likeness (QED) is 0.857. The van der Waals surface area contributed by atoms with E-state index in [9.17, 15) is 0 Å². The van der Waals surface area contributed by atoms with Gasteiger partial charge in [0.15, 0.2) is 0 Å². The van der Waals surface area contributed by atoms with E-state index in [1.165, 1.54) is 16.7 Å². The number of hydrogen-bond acceptors (Lipinski definition) is 3. The molecule has 1 aromatic carbocycles. The van der Waals surface area contributed by atoms with Crippen LogP contribution < -0.4 is 5.32 Å². The molecule has 0 atom stereocenters. The van der Waals surface area contributed by atoms with E-state index in [2.05, 4.69) is 52.8 Å². The van der Waals surface area contributed by atoms with E-state index in [1.807, 2.05) is 25.0 Å². The second kappa shape index (κ2) is 6.50. The van der Waals surface area contributed by atoms with Gasteiger partial charge < -0.3 is 5.32 Å². The summed E-state index contributed by atoms with van der Waals surface area (Å²) in [6.45, 7) is 2.80. The van der Waals surface area contributed by atoms with Crippen molar-refractivity contribution in [2.75, 3.05) is 14.1 Å². The third-order valence-corrected chi connectivity index (χ3v) is 3.07. The maximum absolute atomic E-state index is 4.19. The molecule has 4 nitrogen and oxygen atoms in total. The number of hydrogen-bond donors (Lipinski definition) is 1. The molecule has 0 bridgehead atoms. The maximum Gasteiger partial charge on any atom is 0.0534 e. The summed E-state index contributed by atoms with van der Waals surface area (Å²) < 4.78 is 1.84. The first-order valence-electron chi connectivity index (χ1n) is 6.56. The fraction of sp³-hybridized carbons (Fsp3) is 0.400. The van der Waals surface area contributed by atoms with Crippen LogP contribution in [-0.4, -0.2) is 28.8 Å².